The molecule has 0 aromatic heterocycles. The summed E-state index contributed by atoms with van der Waals surface area (Å²) >= 11 is 0. The van der Waals surface area contributed by atoms with Gasteiger partial charge in [0.15, 0.2) is 18.9 Å². The maximum atomic E-state index is 13.5. The van der Waals surface area contributed by atoms with Crippen LogP contribution in [0.4, 0.5) is 0 Å². The van der Waals surface area contributed by atoms with Crippen LogP contribution in [0.3, 0.4) is 0 Å². The zero-order valence-corrected chi connectivity index (χ0v) is 69.4. The summed E-state index contributed by atoms with van der Waals surface area (Å²) < 4.78 is 34.6. The van der Waals surface area contributed by atoms with E-state index in [0.29, 0.717) is 12.8 Å². The molecule has 0 aromatic rings. The summed E-state index contributed by atoms with van der Waals surface area (Å²) in [6.45, 7) is 1.90. The molecule has 642 valence electrons. The molecule has 3 fully saturated rings. The molecule has 0 spiro atoms. The molecular formula is C89H173NO18. The third-order valence-corrected chi connectivity index (χ3v) is 23.7. The van der Waals surface area contributed by atoms with Gasteiger partial charge in [-0.1, -0.05) is 412 Å². The Balaban J connectivity index is 1.30. The Morgan fingerprint density at radius 1 is 0.296 bits per heavy atom. The molecule has 19 heteroatoms. The number of carbonyl (C=O) groups is 1. The highest BCUT2D eigenvalue weighted by molar-refractivity contribution is 5.76. The van der Waals surface area contributed by atoms with E-state index in [2.05, 4.69) is 19.2 Å². The molecule has 17 unspecified atom stereocenters. The molecule has 3 aliphatic heterocycles. The van der Waals surface area contributed by atoms with E-state index in [1.807, 2.05) is 0 Å². The van der Waals surface area contributed by atoms with E-state index in [1.165, 1.54) is 353 Å². The normalized spacial score (nSPS) is 25.3. The first-order chi connectivity index (χ1) is 52.8. The van der Waals surface area contributed by atoms with E-state index in [-0.39, 0.29) is 18.9 Å². The van der Waals surface area contributed by atoms with Crippen molar-refractivity contribution in [1.29, 1.82) is 0 Å². The van der Waals surface area contributed by atoms with Gasteiger partial charge in [0.1, 0.15) is 73.2 Å². The number of carbonyl (C=O) groups excluding carboxylic acids is 1. The first-order valence-electron chi connectivity index (χ1n) is 46.3. The molecule has 0 radical (unpaired) electrons. The Kier molecular flexibility index (Phi) is 65.5. The highest BCUT2D eigenvalue weighted by Crippen LogP contribution is 2.34. The Morgan fingerprint density at radius 3 is 0.806 bits per heavy atom. The topological polar surface area (TPSA) is 307 Å². The van der Waals surface area contributed by atoms with Gasteiger partial charge in [-0.05, 0) is 12.8 Å². The van der Waals surface area contributed by atoms with E-state index >= 15 is 0 Å². The molecule has 12 N–H and O–H groups in total. The molecule has 3 aliphatic rings. The third-order valence-electron chi connectivity index (χ3n) is 23.7. The van der Waals surface area contributed by atoms with Crippen molar-refractivity contribution in [1.82, 2.24) is 5.32 Å². The van der Waals surface area contributed by atoms with Crippen molar-refractivity contribution in [2.45, 2.75) is 535 Å². The van der Waals surface area contributed by atoms with Crippen LogP contribution < -0.4 is 5.32 Å². The van der Waals surface area contributed by atoms with Gasteiger partial charge >= 0.3 is 0 Å². The number of rotatable bonds is 77. The second-order valence-corrected chi connectivity index (χ2v) is 33.5. The molecule has 108 heavy (non-hydrogen) atoms. The molecule has 3 rings (SSSR count). The van der Waals surface area contributed by atoms with Gasteiger partial charge in [0.05, 0.1) is 38.6 Å². The van der Waals surface area contributed by atoms with E-state index < -0.39 is 124 Å². The highest BCUT2D eigenvalue weighted by atomic mass is 16.8. The van der Waals surface area contributed by atoms with Gasteiger partial charge in [0, 0.05) is 6.42 Å². The lowest BCUT2D eigenvalue weighted by Crippen LogP contribution is -2.66. The molecule has 0 saturated carbocycles. The second-order valence-electron chi connectivity index (χ2n) is 33.5. The van der Waals surface area contributed by atoms with Crippen molar-refractivity contribution >= 4 is 5.91 Å². The average molecular weight is 1550 g/mol. The lowest BCUT2D eigenvalue weighted by molar-refractivity contribution is -0.379. The Morgan fingerprint density at radius 2 is 0.528 bits per heavy atom. The van der Waals surface area contributed by atoms with Crippen molar-refractivity contribution < 1.29 is 89.4 Å². The number of unbranched alkanes of at least 4 members (excludes halogenated alkanes) is 61. The summed E-state index contributed by atoms with van der Waals surface area (Å²) in [4.78, 5) is 13.5. The van der Waals surface area contributed by atoms with Crippen molar-refractivity contribution in [2.75, 3.05) is 26.4 Å². The molecule has 17 atom stereocenters. The van der Waals surface area contributed by atoms with Gasteiger partial charge in [-0.25, -0.2) is 0 Å². The van der Waals surface area contributed by atoms with Gasteiger partial charge in [-0.3, -0.25) is 4.79 Å². The maximum Gasteiger partial charge on any atom is 0.220 e. The largest absolute Gasteiger partial charge is 0.394 e. The van der Waals surface area contributed by atoms with E-state index in [0.717, 1.165) is 44.9 Å². The molecule has 19 nitrogen and oxygen atoms in total. The number of ether oxygens (including phenoxy) is 6. The predicted molar refractivity (Wildman–Crippen MR) is 434 cm³/mol. The van der Waals surface area contributed by atoms with Crippen molar-refractivity contribution in [2.24, 2.45) is 0 Å². The quantitative estimate of drug-likeness (QED) is 0.0252. The van der Waals surface area contributed by atoms with Crippen LogP contribution in [0.25, 0.3) is 0 Å². The molecule has 0 aliphatic carbocycles. The Labute approximate surface area is 659 Å². The van der Waals surface area contributed by atoms with Gasteiger partial charge in [-0.15, -0.1) is 0 Å². The lowest BCUT2D eigenvalue weighted by atomic mass is 9.96. The van der Waals surface area contributed by atoms with Crippen LogP contribution >= 0.6 is 0 Å². The Bertz CT molecular complexity index is 1940. The summed E-state index contributed by atoms with van der Waals surface area (Å²) in [7, 11) is 0. The fourth-order valence-electron chi connectivity index (χ4n) is 16.3. The Hall–Kier alpha value is -1.21. The summed E-state index contributed by atoms with van der Waals surface area (Å²) in [5.74, 6) is -0.230. The van der Waals surface area contributed by atoms with Crippen LogP contribution in [0.1, 0.15) is 431 Å². The molecular weight excluding hydrogens is 1370 g/mol. The fraction of sp³-hybridized carbons (Fsp3) is 0.989. The number of amides is 1. The van der Waals surface area contributed by atoms with Crippen LogP contribution in [0.15, 0.2) is 0 Å². The number of nitrogens with one attached hydrogen (secondary N) is 1. The number of hydrogen-bond donors (Lipinski definition) is 12. The van der Waals surface area contributed by atoms with Gasteiger partial charge in [-0.2, -0.15) is 0 Å². The third kappa shape index (κ3) is 48.4. The first kappa shape index (κ1) is 101. The summed E-state index contributed by atoms with van der Waals surface area (Å²) in [5.41, 5.74) is 0. The van der Waals surface area contributed by atoms with Crippen LogP contribution in [0.5, 0.6) is 0 Å². The summed E-state index contributed by atoms with van der Waals surface area (Å²) in [5, 5.41) is 121. The van der Waals surface area contributed by atoms with Crippen molar-refractivity contribution in [3.8, 4) is 0 Å². The lowest BCUT2D eigenvalue weighted by Gasteiger charge is -2.48. The highest BCUT2D eigenvalue weighted by Gasteiger charge is 2.54. The van der Waals surface area contributed by atoms with E-state index in [9.17, 15) is 61.0 Å². The standard InChI is InChI=1S/C89H173NO18/c1-3-5-7-9-11-13-15-17-19-21-23-25-27-29-31-33-34-35-36-37-38-39-41-43-45-47-49-51-53-55-57-59-61-63-65-67-77(95)90-72(73(94)66-64-62-60-58-56-54-52-50-48-46-44-42-40-32-30-28-26-24-22-20-18-16-14-12-10-8-6-4-2)71-103-87-83(101)80(98)85(75(69-92)105-87)108-89-84(102)81(99)86(76(70-93)106-89)107-88-82(100)79(97)78(96)74(68-91)104-88/h72-76,78-89,91-94,96-102H,3-71H2,1-2H3,(H,90,95). The maximum absolute atomic E-state index is 13.5. The molecule has 0 bridgehead atoms. The number of hydrogen-bond acceptors (Lipinski definition) is 18. The van der Waals surface area contributed by atoms with Crippen LogP contribution in [0, 0.1) is 0 Å². The van der Waals surface area contributed by atoms with Crippen molar-refractivity contribution in [3.63, 3.8) is 0 Å². The van der Waals surface area contributed by atoms with E-state index in [4.69, 9.17) is 28.4 Å². The monoisotopic (exact) mass is 1540 g/mol. The van der Waals surface area contributed by atoms with Gasteiger partial charge in [0.25, 0.3) is 0 Å². The number of aliphatic hydroxyl groups is 11. The minimum Gasteiger partial charge on any atom is -0.394 e. The van der Waals surface area contributed by atoms with Crippen molar-refractivity contribution in [3.05, 3.63) is 0 Å². The second kappa shape index (κ2) is 70.0. The molecule has 3 saturated heterocycles. The van der Waals surface area contributed by atoms with Gasteiger partial charge < -0.3 is 89.9 Å². The molecule has 3 heterocycles. The predicted octanol–water partition coefficient (Wildman–Crippen LogP) is 17.7. The minimum absolute atomic E-state index is 0.230. The van der Waals surface area contributed by atoms with Crippen LogP contribution in [0.2, 0.25) is 0 Å². The smallest absolute Gasteiger partial charge is 0.220 e. The molecule has 1 amide bonds. The van der Waals surface area contributed by atoms with Gasteiger partial charge in [0.2, 0.25) is 5.91 Å². The van der Waals surface area contributed by atoms with Crippen LogP contribution in [-0.2, 0) is 33.2 Å². The zero-order chi connectivity index (χ0) is 78.1. The van der Waals surface area contributed by atoms with E-state index in [1.54, 1.807) is 0 Å². The first-order valence-corrected chi connectivity index (χ1v) is 46.3. The summed E-state index contributed by atoms with van der Waals surface area (Å²) in [6, 6.07) is -0.884. The fourth-order valence-corrected chi connectivity index (χ4v) is 16.3. The minimum atomic E-state index is -1.97. The number of aliphatic hydroxyl groups excluding tert-OH is 11. The average Bonchev–Trinajstić information content (AvgIpc) is 0.774. The SMILES string of the molecule is CCCCCCCCCCCCCCCCCCCCCCCCCCCCCCCCCCCCCC(=O)NC(COC1OC(CO)C(OC2OC(CO)C(OC3OC(CO)C(O)C(O)C3O)C(O)C2O)C(O)C1O)C(O)CCCCCCCCCCCCCCCCCCCCCCCCCCCCCC. The van der Waals surface area contributed by atoms with Crippen LogP contribution in [-0.4, -0.2) is 193 Å². The zero-order valence-electron chi connectivity index (χ0n) is 69.4. The summed E-state index contributed by atoms with van der Waals surface area (Å²) in [6.07, 6.45) is 58.0. The molecule has 0 aromatic carbocycles.